The maximum Gasteiger partial charge on any atom is 0.352 e. The van der Waals surface area contributed by atoms with Crippen molar-refractivity contribution in [1.29, 1.82) is 0 Å². The quantitative estimate of drug-likeness (QED) is 0.803. The van der Waals surface area contributed by atoms with Gasteiger partial charge in [-0.2, -0.15) is 0 Å². The molecular formula is C11H18N2O2. The van der Waals surface area contributed by atoms with Crippen molar-refractivity contribution in [1.82, 2.24) is 4.57 Å². The number of anilines is 1. The molecule has 0 unspecified atom stereocenters. The number of aromatic nitrogens is 1. The van der Waals surface area contributed by atoms with E-state index in [2.05, 4.69) is 20.8 Å². The summed E-state index contributed by atoms with van der Waals surface area (Å²) in [6.45, 7) is 7.00. The fourth-order valence-corrected chi connectivity index (χ4v) is 1.37. The molecule has 4 heteroatoms. The molecule has 0 aliphatic carbocycles. The first kappa shape index (κ1) is 11.6. The van der Waals surface area contributed by atoms with Crippen molar-refractivity contribution >= 4 is 11.8 Å². The van der Waals surface area contributed by atoms with Crippen molar-refractivity contribution in [2.75, 3.05) is 5.73 Å². The second kappa shape index (κ2) is 3.96. The predicted octanol–water partition coefficient (Wildman–Crippen LogP) is 2.20. The van der Waals surface area contributed by atoms with Crippen molar-refractivity contribution in [2.24, 2.45) is 5.41 Å². The van der Waals surface area contributed by atoms with Gasteiger partial charge in [-0.05, 0) is 24.0 Å². The summed E-state index contributed by atoms with van der Waals surface area (Å²) in [4.78, 5) is 10.9. The molecule has 0 radical (unpaired) electrons. The number of rotatable bonds is 3. The van der Waals surface area contributed by atoms with Crippen molar-refractivity contribution in [3.8, 4) is 0 Å². The highest BCUT2D eigenvalue weighted by Gasteiger charge is 2.15. The maximum atomic E-state index is 10.9. The van der Waals surface area contributed by atoms with Crippen molar-refractivity contribution in [3.63, 3.8) is 0 Å². The highest BCUT2D eigenvalue weighted by Crippen LogP contribution is 2.22. The Kier molecular flexibility index (Phi) is 3.07. The van der Waals surface area contributed by atoms with Crippen molar-refractivity contribution < 1.29 is 9.90 Å². The summed E-state index contributed by atoms with van der Waals surface area (Å²) >= 11 is 0. The molecule has 0 aliphatic heterocycles. The Morgan fingerprint density at radius 1 is 1.47 bits per heavy atom. The predicted molar refractivity (Wildman–Crippen MR) is 59.9 cm³/mol. The molecule has 0 saturated heterocycles. The Labute approximate surface area is 89.7 Å². The van der Waals surface area contributed by atoms with Gasteiger partial charge in [-0.1, -0.05) is 20.8 Å². The lowest BCUT2D eigenvalue weighted by molar-refractivity contribution is 0.0684. The third-order valence-corrected chi connectivity index (χ3v) is 2.32. The van der Waals surface area contributed by atoms with Crippen LogP contribution in [0, 0.1) is 5.41 Å². The van der Waals surface area contributed by atoms with E-state index in [0.717, 1.165) is 6.42 Å². The number of carboxylic acids is 1. The molecule has 0 amide bonds. The van der Waals surface area contributed by atoms with E-state index in [9.17, 15) is 4.79 Å². The van der Waals surface area contributed by atoms with E-state index in [0.29, 0.717) is 12.4 Å². The summed E-state index contributed by atoms with van der Waals surface area (Å²) in [5.74, 6) is -0.419. The number of carbonyl (C=O) groups is 1. The third kappa shape index (κ3) is 3.01. The number of hydrogen-bond acceptors (Lipinski definition) is 2. The van der Waals surface area contributed by atoms with E-state index >= 15 is 0 Å². The highest BCUT2D eigenvalue weighted by molar-refractivity contribution is 5.86. The van der Waals surface area contributed by atoms with Crippen molar-refractivity contribution in [3.05, 3.63) is 17.8 Å². The molecular weight excluding hydrogens is 192 g/mol. The summed E-state index contributed by atoms with van der Waals surface area (Å²) in [7, 11) is 0. The summed E-state index contributed by atoms with van der Waals surface area (Å²) in [6.07, 6.45) is 0.895. The lowest BCUT2D eigenvalue weighted by atomic mass is 9.92. The largest absolute Gasteiger partial charge is 0.477 e. The number of nitrogen functional groups attached to an aromatic ring is 1. The van der Waals surface area contributed by atoms with Gasteiger partial charge in [0.15, 0.2) is 0 Å². The first-order valence-electron chi connectivity index (χ1n) is 4.99. The second-order valence-corrected chi connectivity index (χ2v) is 4.91. The minimum absolute atomic E-state index is 0.173. The van der Waals surface area contributed by atoms with Crippen LogP contribution in [-0.2, 0) is 6.54 Å². The van der Waals surface area contributed by atoms with E-state index in [4.69, 9.17) is 10.8 Å². The van der Waals surface area contributed by atoms with Crippen LogP contribution in [-0.4, -0.2) is 15.6 Å². The highest BCUT2D eigenvalue weighted by atomic mass is 16.4. The molecule has 4 nitrogen and oxygen atoms in total. The summed E-state index contributed by atoms with van der Waals surface area (Å²) < 4.78 is 1.65. The minimum Gasteiger partial charge on any atom is -0.477 e. The van der Waals surface area contributed by atoms with Crippen LogP contribution in [0.25, 0.3) is 0 Å². The van der Waals surface area contributed by atoms with E-state index in [1.165, 1.54) is 0 Å². The summed E-state index contributed by atoms with van der Waals surface area (Å²) in [5.41, 5.74) is 6.14. The first-order valence-corrected chi connectivity index (χ1v) is 4.99. The lowest BCUT2D eigenvalue weighted by Crippen LogP contribution is -2.15. The molecule has 15 heavy (non-hydrogen) atoms. The molecule has 0 aliphatic rings. The standard InChI is InChI=1S/C11H18N2O2/c1-11(2,3)6-7-13-8(10(14)15)4-5-9(13)12/h4-5H,6-7,12H2,1-3H3,(H,14,15). The Bertz CT molecular complexity index is 361. The lowest BCUT2D eigenvalue weighted by Gasteiger charge is -2.19. The smallest absolute Gasteiger partial charge is 0.352 e. The minimum atomic E-state index is -0.930. The zero-order valence-corrected chi connectivity index (χ0v) is 9.45. The van der Waals surface area contributed by atoms with Crippen LogP contribution in [0.2, 0.25) is 0 Å². The molecule has 0 atom stereocenters. The number of aromatic carboxylic acids is 1. The number of nitrogens with zero attached hydrogens (tertiary/aromatic N) is 1. The topological polar surface area (TPSA) is 68.2 Å². The number of nitrogens with two attached hydrogens (primary N) is 1. The Morgan fingerprint density at radius 3 is 2.53 bits per heavy atom. The molecule has 1 heterocycles. The Balaban J connectivity index is 2.84. The van der Waals surface area contributed by atoms with Crippen LogP contribution in [0.4, 0.5) is 5.82 Å². The van der Waals surface area contributed by atoms with Gasteiger partial charge >= 0.3 is 5.97 Å². The van der Waals surface area contributed by atoms with E-state index in [1.807, 2.05) is 0 Å². The van der Waals surface area contributed by atoms with Crippen LogP contribution in [0.15, 0.2) is 12.1 Å². The van der Waals surface area contributed by atoms with Gasteiger partial charge in [-0.25, -0.2) is 4.79 Å². The van der Waals surface area contributed by atoms with Crippen molar-refractivity contribution in [2.45, 2.75) is 33.7 Å². The van der Waals surface area contributed by atoms with Crippen LogP contribution < -0.4 is 5.73 Å². The zero-order valence-electron chi connectivity index (χ0n) is 9.45. The van der Waals surface area contributed by atoms with Gasteiger partial charge in [0.1, 0.15) is 11.5 Å². The van der Waals surface area contributed by atoms with Crippen LogP contribution >= 0.6 is 0 Å². The summed E-state index contributed by atoms with van der Waals surface area (Å²) in [5, 5.41) is 8.93. The van der Waals surface area contributed by atoms with Crippen LogP contribution in [0.5, 0.6) is 0 Å². The number of carboxylic acid groups (broad SMARTS) is 1. The third-order valence-electron chi connectivity index (χ3n) is 2.32. The van der Waals surface area contributed by atoms with Gasteiger partial charge < -0.3 is 15.4 Å². The van der Waals surface area contributed by atoms with E-state index in [1.54, 1.807) is 16.7 Å². The Morgan fingerprint density at radius 2 is 2.07 bits per heavy atom. The average Bonchev–Trinajstić information content (AvgIpc) is 2.42. The van der Waals surface area contributed by atoms with Gasteiger partial charge in [0.25, 0.3) is 0 Å². The SMILES string of the molecule is CC(C)(C)CCn1c(N)ccc1C(=O)O. The van der Waals surface area contributed by atoms with Gasteiger partial charge in [-0.15, -0.1) is 0 Å². The zero-order chi connectivity index (χ0) is 11.6. The molecule has 1 aromatic heterocycles. The summed E-state index contributed by atoms with van der Waals surface area (Å²) in [6, 6.07) is 3.17. The molecule has 3 N–H and O–H groups in total. The van der Waals surface area contributed by atoms with Gasteiger partial charge in [-0.3, -0.25) is 0 Å². The molecule has 84 valence electrons. The molecule has 1 rings (SSSR count). The Hall–Kier alpha value is -1.45. The normalized spacial score (nSPS) is 11.7. The van der Waals surface area contributed by atoms with Crippen LogP contribution in [0.1, 0.15) is 37.7 Å². The molecule has 1 aromatic rings. The molecule has 0 spiro atoms. The van der Waals surface area contributed by atoms with Gasteiger partial charge in [0.05, 0.1) is 0 Å². The van der Waals surface area contributed by atoms with Gasteiger partial charge in [0.2, 0.25) is 0 Å². The van der Waals surface area contributed by atoms with Gasteiger partial charge in [0, 0.05) is 6.54 Å². The second-order valence-electron chi connectivity index (χ2n) is 4.91. The van der Waals surface area contributed by atoms with Crippen LogP contribution in [0.3, 0.4) is 0 Å². The molecule has 0 saturated carbocycles. The fourth-order valence-electron chi connectivity index (χ4n) is 1.37. The fraction of sp³-hybridized carbons (Fsp3) is 0.545. The van der Waals surface area contributed by atoms with E-state index < -0.39 is 5.97 Å². The number of hydrogen-bond donors (Lipinski definition) is 2. The molecule has 0 aromatic carbocycles. The first-order chi connectivity index (χ1) is 6.81. The molecule has 0 fully saturated rings. The monoisotopic (exact) mass is 210 g/mol. The maximum absolute atomic E-state index is 10.9. The average molecular weight is 210 g/mol. The van der Waals surface area contributed by atoms with E-state index in [-0.39, 0.29) is 11.1 Å². The molecule has 0 bridgehead atoms.